The Kier molecular flexibility index (Phi) is 3.83. The first-order valence-corrected chi connectivity index (χ1v) is 10.8. The molecule has 4 aromatic carbocycles. The minimum atomic E-state index is -0.780. The summed E-state index contributed by atoms with van der Waals surface area (Å²) < 4.78 is 16.9. The maximum Gasteiger partial charge on any atom is 0.160 e. The van der Waals surface area contributed by atoms with Gasteiger partial charge in [0.15, 0.2) is 5.82 Å². The molecule has 0 spiro atoms. The smallest absolute Gasteiger partial charge is 0.160 e. The van der Waals surface area contributed by atoms with E-state index in [0.717, 1.165) is 21.8 Å². The number of benzene rings is 4. The number of nitriles is 2. The molecule has 0 aliphatic heterocycles. The van der Waals surface area contributed by atoms with Crippen LogP contribution < -0.4 is 0 Å². The predicted octanol–water partition coefficient (Wildman–Crippen LogP) is 6.97. The molecule has 0 saturated heterocycles. The normalized spacial score (nSPS) is 13.5. The van der Waals surface area contributed by atoms with E-state index < -0.39 is 5.82 Å². The third-order valence-corrected chi connectivity index (χ3v) is 6.95. The van der Waals surface area contributed by atoms with Crippen molar-refractivity contribution in [2.24, 2.45) is 0 Å². The Morgan fingerprint density at radius 3 is 2.33 bits per heavy atom. The summed E-state index contributed by atoms with van der Waals surface area (Å²) in [4.78, 5) is 0. The van der Waals surface area contributed by atoms with Crippen LogP contribution in [0, 0.1) is 28.5 Å². The second-order valence-corrected chi connectivity index (χ2v) is 8.95. The van der Waals surface area contributed by atoms with Crippen LogP contribution in [0.15, 0.2) is 72.8 Å². The molecule has 33 heavy (non-hydrogen) atoms. The average Bonchev–Trinajstić information content (AvgIpc) is 3.28. The lowest BCUT2D eigenvalue weighted by molar-refractivity contribution is 0.619. The first-order chi connectivity index (χ1) is 16.0. The Morgan fingerprint density at radius 1 is 0.788 bits per heavy atom. The fourth-order valence-corrected chi connectivity index (χ4v) is 5.54. The number of aromatic nitrogens is 1. The van der Waals surface area contributed by atoms with Crippen LogP contribution in [0.2, 0.25) is 0 Å². The Hall–Kier alpha value is -4.41. The van der Waals surface area contributed by atoms with E-state index in [1.165, 1.54) is 28.3 Å². The van der Waals surface area contributed by atoms with Gasteiger partial charge in [0.1, 0.15) is 17.7 Å². The molecule has 0 bridgehead atoms. The van der Waals surface area contributed by atoms with Crippen LogP contribution in [0.25, 0.3) is 38.6 Å². The van der Waals surface area contributed by atoms with Crippen molar-refractivity contribution in [1.29, 1.82) is 10.5 Å². The topological polar surface area (TPSA) is 52.5 Å². The standard InChI is InChI=1S/C29H18FN3/c1-29(2)22-9-5-3-7-18(22)19-12-14-25-26(27(19)29)20-8-4-6-10-23(20)33(25)24-13-11-17(15-31)28(30)21(24)16-32/h3-14H,1-2H3. The molecule has 156 valence electrons. The van der Waals surface area contributed by atoms with Crippen LogP contribution in [0.4, 0.5) is 4.39 Å². The Bertz CT molecular complexity index is 1720. The monoisotopic (exact) mass is 427 g/mol. The summed E-state index contributed by atoms with van der Waals surface area (Å²) in [6.45, 7) is 4.48. The van der Waals surface area contributed by atoms with Crippen molar-refractivity contribution in [1.82, 2.24) is 4.57 Å². The van der Waals surface area contributed by atoms with Gasteiger partial charge in [-0.2, -0.15) is 10.5 Å². The largest absolute Gasteiger partial charge is 0.308 e. The zero-order valence-corrected chi connectivity index (χ0v) is 18.1. The SMILES string of the molecule is CC1(C)c2ccccc2-c2ccc3c(c21)c1ccccc1n3-c1ccc(C#N)c(F)c1C#N. The van der Waals surface area contributed by atoms with E-state index in [0.29, 0.717) is 5.69 Å². The second kappa shape index (κ2) is 6.55. The summed E-state index contributed by atoms with van der Waals surface area (Å²) in [6.07, 6.45) is 0. The summed E-state index contributed by atoms with van der Waals surface area (Å²) in [7, 11) is 0. The highest BCUT2D eigenvalue weighted by atomic mass is 19.1. The number of para-hydroxylation sites is 1. The van der Waals surface area contributed by atoms with Crippen LogP contribution in [-0.2, 0) is 5.41 Å². The molecule has 0 N–H and O–H groups in total. The predicted molar refractivity (Wildman–Crippen MR) is 128 cm³/mol. The number of hydrogen-bond donors (Lipinski definition) is 0. The number of halogens is 1. The van der Waals surface area contributed by atoms with Crippen molar-refractivity contribution in [2.45, 2.75) is 19.3 Å². The highest BCUT2D eigenvalue weighted by Crippen LogP contribution is 2.53. The van der Waals surface area contributed by atoms with Gasteiger partial charge in [-0.15, -0.1) is 0 Å². The van der Waals surface area contributed by atoms with Crippen LogP contribution >= 0.6 is 0 Å². The molecule has 6 rings (SSSR count). The molecule has 0 fully saturated rings. The summed E-state index contributed by atoms with van der Waals surface area (Å²) in [6, 6.07) is 27.6. The molecule has 0 saturated carbocycles. The fourth-order valence-electron chi connectivity index (χ4n) is 5.54. The van der Waals surface area contributed by atoms with Gasteiger partial charge in [-0.3, -0.25) is 0 Å². The summed E-state index contributed by atoms with van der Waals surface area (Å²) in [5.74, 6) is -0.780. The Balaban J connectivity index is 1.81. The van der Waals surface area contributed by atoms with Gasteiger partial charge in [0.25, 0.3) is 0 Å². The summed E-state index contributed by atoms with van der Waals surface area (Å²) in [5, 5.41) is 21.2. The van der Waals surface area contributed by atoms with Gasteiger partial charge in [0.2, 0.25) is 0 Å². The van der Waals surface area contributed by atoms with E-state index in [1.807, 2.05) is 34.9 Å². The van der Waals surface area contributed by atoms with Crippen molar-refractivity contribution in [2.75, 3.05) is 0 Å². The molecule has 4 heteroatoms. The highest BCUT2D eigenvalue weighted by molar-refractivity contribution is 6.14. The zero-order chi connectivity index (χ0) is 22.9. The molecule has 5 aromatic rings. The van der Waals surface area contributed by atoms with Gasteiger partial charge in [0, 0.05) is 16.2 Å². The maximum atomic E-state index is 15.0. The lowest BCUT2D eigenvalue weighted by atomic mass is 9.80. The Morgan fingerprint density at radius 2 is 1.55 bits per heavy atom. The van der Waals surface area contributed by atoms with E-state index in [9.17, 15) is 14.9 Å². The molecule has 1 aliphatic carbocycles. The molecule has 1 heterocycles. The van der Waals surface area contributed by atoms with Crippen molar-refractivity contribution >= 4 is 21.8 Å². The molecule has 0 atom stereocenters. The number of rotatable bonds is 1. The van der Waals surface area contributed by atoms with Crippen LogP contribution in [0.3, 0.4) is 0 Å². The molecule has 0 unspecified atom stereocenters. The van der Waals surface area contributed by atoms with Crippen LogP contribution in [0.5, 0.6) is 0 Å². The van der Waals surface area contributed by atoms with Gasteiger partial charge < -0.3 is 4.57 Å². The van der Waals surface area contributed by atoms with Gasteiger partial charge >= 0.3 is 0 Å². The molecule has 0 amide bonds. The Labute approximate surface area is 190 Å². The summed E-state index contributed by atoms with van der Waals surface area (Å²) >= 11 is 0. The minimum absolute atomic E-state index is 0.125. The number of fused-ring (bicyclic) bond motifs is 7. The average molecular weight is 427 g/mol. The summed E-state index contributed by atoms with van der Waals surface area (Å²) in [5.41, 5.74) is 6.74. The molecule has 1 aromatic heterocycles. The molecule has 3 nitrogen and oxygen atoms in total. The molecule has 0 radical (unpaired) electrons. The highest BCUT2D eigenvalue weighted by Gasteiger charge is 2.38. The lowest BCUT2D eigenvalue weighted by Crippen LogP contribution is -2.15. The zero-order valence-electron chi connectivity index (χ0n) is 18.1. The minimum Gasteiger partial charge on any atom is -0.308 e. The molecular weight excluding hydrogens is 409 g/mol. The fraction of sp³-hybridized carbons (Fsp3) is 0.103. The maximum absolute atomic E-state index is 15.0. The second-order valence-electron chi connectivity index (χ2n) is 8.95. The van der Waals surface area contributed by atoms with E-state index in [4.69, 9.17) is 0 Å². The lowest BCUT2D eigenvalue weighted by Gasteiger charge is -2.22. The van der Waals surface area contributed by atoms with E-state index in [1.54, 1.807) is 6.07 Å². The third kappa shape index (κ3) is 2.35. The van der Waals surface area contributed by atoms with Crippen molar-refractivity contribution in [3.05, 3.63) is 101 Å². The number of nitrogens with zero attached hydrogens (tertiary/aromatic N) is 3. The van der Waals surface area contributed by atoms with E-state index in [2.05, 4.69) is 56.3 Å². The van der Waals surface area contributed by atoms with Crippen molar-refractivity contribution in [3.63, 3.8) is 0 Å². The molecule has 1 aliphatic rings. The first-order valence-electron chi connectivity index (χ1n) is 10.8. The first kappa shape index (κ1) is 19.3. The van der Waals surface area contributed by atoms with Crippen molar-refractivity contribution in [3.8, 4) is 29.0 Å². The van der Waals surface area contributed by atoms with Crippen LogP contribution in [0.1, 0.15) is 36.1 Å². The van der Waals surface area contributed by atoms with Crippen LogP contribution in [-0.4, -0.2) is 4.57 Å². The van der Waals surface area contributed by atoms with Gasteiger partial charge in [-0.05, 0) is 46.5 Å². The third-order valence-electron chi connectivity index (χ3n) is 6.95. The van der Waals surface area contributed by atoms with E-state index in [-0.39, 0.29) is 16.5 Å². The van der Waals surface area contributed by atoms with Gasteiger partial charge in [0.05, 0.1) is 22.3 Å². The van der Waals surface area contributed by atoms with Gasteiger partial charge in [-0.25, -0.2) is 4.39 Å². The quantitative estimate of drug-likeness (QED) is 0.290. The molecular formula is C29H18FN3. The van der Waals surface area contributed by atoms with Gasteiger partial charge in [-0.1, -0.05) is 62.4 Å². The van der Waals surface area contributed by atoms with Crippen molar-refractivity contribution < 1.29 is 4.39 Å². The number of hydrogen-bond acceptors (Lipinski definition) is 2. The van der Waals surface area contributed by atoms with E-state index >= 15 is 0 Å².